The molecule has 0 spiro atoms. The minimum atomic E-state index is -0.504. The molecule has 5 heteroatoms. The maximum atomic E-state index is 14.2. The second-order valence-corrected chi connectivity index (χ2v) is 5.79. The minimum Gasteiger partial charge on any atom is -0.491 e. The highest BCUT2D eigenvalue weighted by Crippen LogP contribution is 2.35. The predicted octanol–water partition coefficient (Wildman–Crippen LogP) is 3.93. The molecule has 0 aliphatic rings. The van der Waals surface area contributed by atoms with E-state index in [9.17, 15) is 4.39 Å². The summed E-state index contributed by atoms with van der Waals surface area (Å²) >= 11 is 3.38. The van der Waals surface area contributed by atoms with Gasteiger partial charge in [-0.2, -0.15) is 0 Å². The molecule has 2 aromatic carbocycles. The molecule has 0 radical (unpaired) electrons. The van der Waals surface area contributed by atoms with Crippen molar-refractivity contribution >= 4 is 15.9 Å². The first kappa shape index (κ1) is 15.9. The molecular formula is C16H18BrFN2O. The third-order valence-corrected chi connectivity index (χ3v) is 3.74. The smallest absolute Gasteiger partial charge is 0.129 e. The first-order chi connectivity index (χ1) is 10.0. The molecule has 1 atom stereocenters. The second kappa shape index (κ2) is 7.02. The number of hydrogen-bond acceptors (Lipinski definition) is 3. The first-order valence-corrected chi connectivity index (χ1v) is 7.49. The molecule has 0 saturated heterocycles. The molecule has 0 aromatic heterocycles. The monoisotopic (exact) mass is 352 g/mol. The number of halogens is 2. The lowest BCUT2D eigenvalue weighted by atomic mass is 9.98. The molecular weight excluding hydrogens is 335 g/mol. The highest BCUT2D eigenvalue weighted by atomic mass is 79.9. The van der Waals surface area contributed by atoms with Crippen LogP contribution in [0.25, 0.3) is 0 Å². The van der Waals surface area contributed by atoms with Crippen LogP contribution in [0.3, 0.4) is 0 Å². The molecule has 0 aliphatic carbocycles. The Morgan fingerprint density at radius 3 is 2.48 bits per heavy atom. The molecule has 0 heterocycles. The molecule has 3 N–H and O–H groups in total. The summed E-state index contributed by atoms with van der Waals surface area (Å²) in [4.78, 5) is 0. The van der Waals surface area contributed by atoms with Gasteiger partial charge in [0.1, 0.15) is 11.6 Å². The summed E-state index contributed by atoms with van der Waals surface area (Å²) in [6.07, 6.45) is 0.0219. The van der Waals surface area contributed by atoms with E-state index in [-0.39, 0.29) is 11.9 Å². The lowest BCUT2D eigenvalue weighted by molar-refractivity contribution is 0.238. The van der Waals surface area contributed by atoms with Crippen LogP contribution in [0.5, 0.6) is 5.75 Å². The zero-order valence-corrected chi connectivity index (χ0v) is 13.5. The van der Waals surface area contributed by atoms with Crippen molar-refractivity contribution in [3.63, 3.8) is 0 Å². The van der Waals surface area contributed by atoms with Crippen molar-refractivity contribution < 1.29 is 9.13 Å². The number of para-hydroxylation sites is 1. The maximum Gasteiger partial charge on any atom is 0.129 e. The van der Waals surface area contributed by atoms with Gasteiger partial charge in [0, 0.05) is 15.6 Å². The second-order valence-electron chi connectivity index (χ2n) is 4.94. The van der Waals surface area contributed by atoms with Crippen molar-refractivity contribution in [3.8, 4) is 5.75 Å². The third-order valence-electron chi connectivity index (χ3n) is 3.05. The number of rotatable bonds is 5. The number of nitrogens with one attached hydrogen (secondary N) is 1. The van der Waals surface area contributed by atoms with E-state index >= 15 is 0 Å². The Morgan fingerprint density at radius 1 is 1.14 bits per heavy atom. The Hall–Kier alpha value is -1.43. The number of hydrogen-bond donors (Lipinski definition) is 2. The maximum absolute atomic E-state index is 14.2. The Kier molecular flexibility index (Phi) is 5.33. The fourth-order valence-corrected chi connectivity index (χ4v) is 2.77. The summed E-state index contributed by atoms with van der Waals surface area (Å²) in [7, 11) is 0. The average molecular weight is 353 g/mol. The summed E-state index contributed by atoms with van der Waals surface area (Å²) in [5.74, 6) is 6.04. The van der Waals surface area contributed by atoms with Crippen molar-refractivity contribution in [3.05, 3.63) is 63.9 Å². The van der Waals surface area contributed by atoms with E-state index in [2.05, 4.69) is 21.4 Å². The van der Waals surface area contributed by atoms with Crippen LogP contribution in [-0.2, 0) is 0 Å². The normalized spacial score (nSPS) is 12.5. The van der Waals surface area contributed by atoms with Crippen LogP contribution in [0, 0.1) is 5.82 Å². The van der Waals surface area contributed by atoms with Crippen molar-refractivity contribution in [1.29, 1.82) is 0 Å². The van der Waals surface area contributed by atoms with E-state index in [1.165, 1.54) is 6.07 Å². The van der Waals surface area contributed by atoms with E-state index in [1.807, 2.05) is 38.1 Å². The van der Waals surface area contributed by atoms with Crippen molar-refractivity contribution in [1.82, 2.24) is 5.43 Å². The van der Waals surface area contributed by atoms with Gasteiger partial charge in [-0.15, -0.1) is 0 Å². The molecule has 0 bridgehead atoms. The van der Waals surface area contributed by atoms with Crippen LogP contribution in [0.2, 0.25) is 0 Å². The van der Waals surface area contributed by atoms with Crippen LogP contribution in [0.4, 0.5) is 4.39 Å². The van der Waals surface area contributed by atoms with Gasteiger partial charge in [0.05, 0.1) is 12.1 Å². The Morgan fingerprint density at radius 2 is 1.86 bits per heavy atom. The van der Waals surface area contributed by atoms with Gasteiger partial charge < -0.3 is 4.74 Å². The van der Waals surface area contributed by atoms with Crippen LogP contribution in [0.1, 0.15) is 31.0 Å². The zero-order valence-electron chi connectivity index (χ0n) is 11.9. The molecule has 0 saturated carbocycles. The molecule has 0 amide bonds. The average Bonchev–Trinajstić information content (AvgIpc) is 2.43. The Balaban J connectivity index is 2.52. The number of nitrogens with two attached hydrogens (primary N) is 1. The number of benzene rings is 2. The zero-order chi connectivity index (χ0) is 15.4. The van der Waals surface area contributed by atoms with E-state index in [4.69, 9.17) is 10.6 Å². The molecule has 3 nitrogen and oxygen atoms in total. The first-order valence-electron chi connectivity index (χ1n) is 6.70. The summed E-state index contributed by atoms with van der Waals surface area (Å²) < 4.78 is 20.7. The fraction of sp³-hybridized carbons (Fsp3) is 0.250. The quantitative estimate of drug-likeness (QED) is 0.633. The molecule has 0 fully saturated rings. The summed E-state index contributed by atoms with van der Waals surface area (Å²) in [5, 5.41) is 0. The van der Waals surface area contributed by atoms with Crippen molar-refractivity contribution in [2.45, 2.75) is 26.0 Å². The van der Waals surface area contributed by atoms with Gasteiger partial charge >= 0.3 is 0 Å². The SMILES string of the molecule is CC(C)Oc1ccccc1C(NN)c1c(F)cccc1Br. The third kappa shape index (κ3) is 3.61. The minimum absolute atomic E-state index is 0.0219. The molecule has 2 rings (SSSR count). The molecule has 112 valence electrons. The fourth-order valence-electron chi connectivity index (χ4n) is 2.20. The molecule has 21 heavy (non-hydrogen) atoms. The molecule has 0 aliphatic heterocycles. The lowest BCUT2D eigenvalue weighted by Crippen LogP contribution is -2.30. The topological polar surface area (TPSA) is 47.3 Å². The van der Waals surface area contributed by atoms with Crippen LogP contribution in [0.15, 0.2) is 46.9 Å². The van der Waals surface area contributed by atoms with Crippen LogP contribution < -0.4 is 16.0 Å². The van der Waals surface area contributed by atoms with Crippen LogP contribution in [-0.4, -0.2) is 6.10 Å². The van der Waals surface area contributed by atoms with Gasteiger partial charge in [-0.25, -0.2) is 9.82 Å². The van der Waals surface area contributed by atoms with E-state index < -0.39 is 6.04 Å². The van der Waals surface area contributed by atoms with E-state index in [0.717, 1.165) is 5.56 Å². The highest BCUT2D eigenvalue weighted by Gasteiger charge is 2.22. The predicted molar refractivity (Wildman–Crippen MR) is 85.5 cm³/mol. The summed E-state index contributed by atoms with van der Waals surface area (Å²) in [6.45, 7) is 3.89. The largest absolute Gasteiger partial charge is 0.491 e. The van der Waals surface area contributed by atoms with Gasteiger partial charge in [0.25, 0.3) is 0 Å². The summed E-state index contributed by atoms with van der Waals surface area (Å²) in [6, 6.07) is 11.8. The van der Waals surface area contributed by atoms with Crippen molar-refractivity contribution in [2.75, 3.05) is 0 Å². The summed E-state index contributed by atoms with van der Waals surface area (Å²) in [5.41, 5.74) is 3.93. The number of hydrazine groups is 1. The van der Waals surface area contributed by atoms with E-state index in [1.54, 1.807) is 12.1 Å². The van der Waals surface area contributed by atoms with Gasteiger partial charge in [-0.1, -0.05) is 40.2 Å². The van der Waals surface area contributed by atoms with Gasteiger partial charge in [-0.3, -0.25) is 5.84 Å². The van der Waals surface area contributed by atoms with E-state index in [0.29, 0.717) is 15.8 Å². The van der Waals surface area contributed by atoms with Gasteiger partial charge in [0.2, 0.25) is 0 Å². The lowest BCUT2D eigenvalue weighted by Gasteiger charge is -2.22. The standard InChI is InChI=1S/C16H18BrFN2O/c1-10(2)21-14-9-4-3-6-11(14)16(20-19)15-12(17)7-5-8-13(15)18/h3-10,16,20H,19H2,1-2H3. The van der Waals surface area contributed by atoms with Crippen LogP contribution >= 0.6 is 15.9 Å². The van der Waals surface area contributed by atoms with Gasteiger partial charge in [0.15, 0.2) is 0 Å². The molecule has 1 unspecified atom stereocenters. The number of ether oxygens (including phenoxy) is 1. The van der Waals surface area contributed by atoms with Crippen molar-refractivity contribution in [2.24, 2.45) is 5.84 Å². The Labute approximate surface area is 132 Å². The highest BCUT2D eigenvalue weighted by molar-refractivity contribution is 9.10. The Bertz CT molecular complexity index is 599. The van der Waals surface area contributed by atoms with Gasteiger partial charge in [-0.05, 0) is 32.0 Å². The molecule has 2 aromatic rings.